The van der Waals surface area contributed by atoms with Gasteiger partial charge in [-0.05, 0) is 37.0 Å². The molecule has 0 aromatic heterocycles. The molecule has 0 saturated heterocycles. The summed E-state index contributed by atoms with van der Waals surface area (Å²) in [4.78, 5) is 14.4. The predicted molar refractivity (Wildman–Crippen MR) is 87.0 cm³/mol. The van der Waals surface area contributed by atoms with Crippen molar-refractivity contribution in [2.45, 2.75) is 58.0 Å². The lowest BCUT2D eigenvalue weighted by Gasteiger charge is -2.28. The van der Waals surface area contributed by atoms with Crippen LogP contribution >= 0.6 is 0 Å². The van der Waals surface area contributed by atoms with Gasteiger partial charge in [-0.15, -0.1) is 0 Å². The molecule has 116 valence electrons. The standard InChI is InChI=1S/C17H27N3O/c1-2-12-20(13-14-8-10-15(18)11-9-14)17(21)19-16-6-4-3-5-7-16/h8-11,16H,2-7,12-13,18H2,1H3,(H,19,21). The number of nitrogen functional groups attached to an aromatic ring is 1. The molecule has 2 rings (SSSR count). The van der Waals surface area contributed by atoms with Gasteiger partial charge < -0.3 is 16.0 Å². The van der Waals surface area contributed by atoms with Gasteiger partial charge in [0.05, 0.1) is 0 Å². The number of benzene rings is 1. The number of hydrogen-bond donors (Lipinski definition) is 2. The van der Waals surface area contributed by atoms with Crippen LogP contribution in [0, 0.1) is 0 Å². The number of anilines is 1. The summed E-state index contributed by atoms with van der Waals surface area (Å²) < 4.78 is 0. The smallest absolute Gasteiger partial charge is 0.317 e. The van der Waals surface area contributed by atoms with Gasteiger partial charge in [-0.2, -0.15) is 0 Å². The van der Waals surface area contributed by atoms with E-state index in [4.69, 9.17) is 5.73 Å². The Labute approximate surface area is 127 Å². The Kier molecular flexibility index (Phi) is 5.90. The van der Waals surface area contributed by atoms with Crippen LogP contribution in [0.2, 0.25) is 0 Å². The van der Waals surface area contributed by atoms with Crippen LogP contribution in [-0.4, -0.2) is 23.5 Å². The van der Waals surface area contributed by atoms with Gasteiger partial charge >= 0.3 is 6.03 Å². The second-order valence-electron chi connectivity index (χ2n) is 5.95. The number of nitrogens with two attached hydrogens (primary N) is 1. The molecular formula is C17H27N3O. The highest BCUT2D eigenvalue weighted by atomic mass is 16.2. The monoisotopic (exact) mass is 289 g/mol. The highest BCUT2D eigenvalue weighted by Gasteiger charge is 2.19. The second kappa shape index (κ2) is 7.91. The molecule has 0 aliphatic heterocycles. The van der Waals surface area contributed by atoms with Gasteiger partial charge in [0.1, 0.15) is 0 Å². The zero-order valence-electron chi connectivity index (χ0n) is 13.0. The normalized spacial score (nSPS) is 15.7. The molecule has 3 N–H and O–H groups in total. The van der Waals surface area contributed by atoms with Crippen molar-refractivity contribution in [3.05, 3.63) is 29.8 Å². The number of hydrogen-bond acceptors (Lipinski definition) is 2. The molecule has 21 heavy (non-hydrogen) atoms. The molecule has 2 amide bonds. The van der Waals surface area contributed by atoms with Crippen LogP contribution in [0.4, 0.5) is 10.5 Å². The fraction of sp³-hybridized carbons (Fsp3) is 0.588. The average Bonchev–Trinajstić information content (AvgIpc) is 2.50. The first kappa shape index (κ1) is 15.7. The molecule has 0 atom stereocenters. The minimum atomic E-state index is 0.0700. The minimum absolute atomic E-state index is 0.0700. The third-order valence-corrected chi connectivity index (χ3v) is 4.07. The molecule has 1 aliphatic carbocycles. The van der Waals surface area contributed by atoms with E-state index >= 15 is 0 Å². The molecule has 1 fully saturated rings. The van der Waals surface area contributed by atoms with Gasteiger partial charge in [0.2, 0.25) is 0 Å². The van der Waals surface area contributed by atoms with Crippen LogP contribution in [0.25, 0.3) is 0 Å². The van der Waals surface area contributed by atoms with Gasteiger partial charge in [0.25, 0.3) is 0 Å². The van der Waals surface area contributed by atoms with E-state index in [1.807, 2.05) is 29.2 Å². The quantitative estimate of drug-likeness (QED) is 0.815. The van der Waals surface area contributed by atoms with E-state index in [1.165, 1.54) is 19.3 Å². The Bertz CT molecular complexity index is 438. The molecule has 1 saturated carbocycles. The SMILES string of the molecule is CCCN(Cc1ccc(N)cc1)C(=O)NC1CCCCC1. The van der Waals surface area contributed by atoms with Crippen molar-refractivity contribution in [3.8, 4) is 0 Å². The molecule has 0 heterocycles. The van der Waals surface area contributed by atoms with E-state index in [0.717, 1.165) is 37.1 Å². The fourth-order valence-corrected chi connectivity index (χ4v) is 2.88. The van der Waals surface area contributed by atoms with Crippen molar-refractivity contribution in [2.75, 3.05) is 12.3 Å². The summed E-state index contributed by atoms with van der Waals surface area (Å²) in [6.45, 7) is 3.53. The molecule has 1 aliphatic rings. The van der Waals surface area contributed by atoms with Crippen molar-refractivity contribution >= 4 is 11.7 Å². The van der Waals surface area contributed by atoms with Gasteiger partial charge in [-0.1, -0.05) is 38.3 Å². The van der Waals surface area contributed by atoms with Crippen LogP contribution in [0.5, 0.6) is 0 Å². The van der Waals surface area contributed by atoms with Gasteiger partial charge in [-0.3, -0.25) is 0 Å². The molecule has 4 nitrogen and oxygen atoms in total. The molecule has 1 aromatic rings. The third-order valence-electron chi connectivity index (χ3n) is 4.07. The number of carbonyl (C=O) groups excluding carboxylic acids is 1. The lowest BCUT2D eigenvalue weighted by Crippen LogP contribution is -2.45. The molecule has 0 spiro atoms. The van der Waals surface area contributed by atoms with E-state index in [-0.39, 0.29) is 6.03 Å². The first-order valence-electron chi connectivity index (χ1n) is 8.09. The van der Waals surface area contributed by atoms with E-state index < -0.39 is 0 Å². The maximum atomic E-state index is 12.5. The maximum Gasteiger partial charge on any atom is 0.317 e. The number of amides is 2. The van der Waals surface area contributed by atoms with Gasteiger partial charge in [0.15, 0.2) is 0 Å². The summed E-state index contributed by atoms with van der Waals surface area (Å²) in [6.07, 6.45) is 6.97. The van der Waals surface area contributed by atoms with Crippen LogP contribution in [0.3, 0.4) is 0 Å². The highest BCUT2D eigenvalue weighted by Crippen LogP contribution is 2.18. The predicted octanol–water partition coefficient (Wildman–Crippen LogP) is 3.52. The highest BCUT2D eigenvalue weighted by molar-refractivity contribution is 5.74. The van der Waals surface area contributed by atoms with E-state index in [9.17, 15) is 4.79 Å². The molecule has 0 unspecified atom stereocenters. The first-order valence-corrected chi connectivity index (χ1v) is 8.09. The lowest BCUT2D eigenvalue weighted by molar-refractivity contribution is 0.187. The topological polar surface area (TPSA) is 58.4 Å². The zero-order chi connectivity index (χ0) is 15.1. The summed E-state index contributed by atoms with van der Waals surface area (Å²) in [5, 5.41) is 3.20. The largest absolute Gasteiger partial charge is 0.399 e. The number of carbonyl (C=O) groups is 1. The Hall–Kier alpha value is -1.71. The fourth-order valence-electron chi connectivity index (χ4n) is 2.88. The number of urea groups is 1. The van der Waals surface area contributed by atoms with Crippen molar-refractivity contribution in [1.82, 2.24) is 10.2 Å². The average molecular weight is 289 g/mol. The van der Waals surface area contributed by atoms with Crippen molar-refractivity contribution in [1.29, 1.82) is 0 Å². The minimum Gasteiger partial charge on any atom is -0.399 e. The molecule has 0 radical (unpaired) electrons. The molecule has 4 heteroatoms. The third kappa shape index (κ3) is 4.96. The van der Waals surface area contributed by atoms with Crippen LogP contribution in [-0.2, 0) is 6.54 Å². The molecule has 1 aromatic carbocycles. The number of nitrogens with zero attached hydrogens (tertiary/aromatic N) is 1. The van der Waals surface area contributed by atoms with E-state index in [2.05, 4.69) is 12.2 Å². The first-order chi connectivity index (χ1) is 10.2. The van der Waals surface area contributed by atoms with Crippen molar-refractivity contribution in [2.24, 2.45) is 0 Å². The van der Waals surface area contributed by atoms with E-state index in [0.29, 0.717) is 12.6 Å². The van der Waals surface area contributed by atoms with Crippen LogP contribution in [0.15, 0.2) is 24.3 Å². The Morgan fingerprint density at radius 3 is 2.52 bits per heavy atom. The molecule has 0 bridgehead atoms. The summed E-state index contributed by atoms with van der Waals surface area (Å²) in [5.74, 6) is 0. The molecular weight excluding hydrogens is 262 g/mol. The Balaban J connectivity index is 1.93. The van der Waals surface area contributed by atoms with Crippen LogP contribution < -0.4 is 11.1 Å². The summed E-state index contributed by atoms with van der Waals surface area (Å²) in [6, 6.07) is 8.19. The Morgan fingerprint density at radius 1 is 1.24 bits per heavy atom. The van der Waals surface area contributed by atoms with Crippen molar-refractivity contribution < 1.29 is 4.79 Å². The second-order valence-corrected chi connectivity index (χ2v) is 5.95. The Morgan fingerprint density at radius 2 is 1.90 bits per heavy atom. The maximum absolute atomic E-state index is 12.5. The van der Waals surface area contributed by atoms with Gasteiger partial charge in [0, 0.05) is 24.8 Å². The van der Waals surface area contributed by atoms with Crippen LogP contribution in [0.1, 0.15) is 51.0 Å². The number of rotatable bonds is 5. The lowest BCUT2D eigenvalue weighted by atomic mass is 9.96. The van der Waals surface area contributed by atoms with Crippen molar-refractivity contribution in [3.63, 3.8) is 0 Å². The van der Waals surface area contributed by atoms with E-state index in [1.54, 1.807) is 0 Å². The summed E-state index contributed by atoms with van der Waals surface area (Å²) >= 11 is 0. The zero-order valence-corrected chi connectivity index (χ0v) is 13.0. The number of nitrogens with one attached hydrogen (secondary N) is 1. The summed E-state index contributed by atoms with van der Waals surface area (Å²) in [5.41, 5.74) is 7.59. The van der Waals surface area contributed by atoms with Gasteiger partial charge in [-0.25, -0.2) is 4.79 Å². The summed E-state index contributed by atoms with van der Waals surface area (Å²) in [7, 11) is 0.